The van der Waals surface area contributed by atoms with Crippen molar-refractivity contribution in [3.8, 4) is 0 Å². The van der Waals surface area contributed by atoms with Crippen LogP contribution in [0.4, 0.5) is 4.79 Å². The summed E-state index contributed by atoms with van der Waals surface area (Å²) in [5, 5.41) is 12.8. The van der Waals surface area contributed by atoms with Crippen molar-refractivity contribution < 1.29 is 4.79 Å². The summed E-state index contributed by atoms with van der Waals surface area (Å²) in [5.74, 6) is 0. The Labute approximate surface area is 77.0 Å². The molecule has 1 aliphatic heterocycles. The molecule has 0 atom stereocenters. The third-order valence-corrected chi connectivity index (χ3v) is 1.99. The molecule has 14 heavy (non-hydrogen) atoms. The second kappa shape index (κ2) is 2.38. The van der Waals surface area contributed by atoms with E-state index in [9.17, 15) is 4.79 Å². The molecule has 0 radical (unpaired) electrons. The Hall–Kier alpha value is -2.24. The minimum absolute atomic E-state index is 0.482. The van der Waals surface area contributed by atoms with E-state index in [2.05, 4.69) is 25.4 Å². The normalized spacial score (nSPS) is 13.6. The molecule has 1 aromatic heterocycles. The van der Waals surface area contributed by atoms with Crippen LogP contribution in [0, 0.1) is 0 Å². The van der Waals surface area contributed by atoms with Crippen LogP contribution in [0.25, 0.3) is 10.9 Å². The van der Waals surface area contributed by atoms with E-state index in [0.29, 0.717) is 21.6 Å². The number of nitrogens with zero attached hydrogens (tertiary/aromatic N) is 5. The van der Waals surface area contributed by atoms with Crippen molar-refractivity contribution in [2.24, 2.45) is 9.98 Å². The summed E-state index contributed by atoms with van der Waals surface area (Å²) >= 11 is 0. The molecule has 6 heteroatoms. The predicted molar refractivity (Wildman–Crippen MR) is 45.0 cm³/mol. The molecule has 0 fully saturated rings. The maximum Gasteiger partial charge on any atom is 0.368 e. The SMILES string of the molecule is O=C1N=c2ccc3nnncc3c2=N1. The first-order chi connectivity index (χ1) is 6.84. The van der Waals surface area contributed by atoms with Gasteiger partial charge in [-0.2, -0.15) is 9.98 Å². The fourth-order valence-corrected chi connectivity index (χ4v) is 1.39. The van der Waals surface area contributed by atoms with Gasteiger partial charge in [0.2, 0.25) is 0 Å². The van der Waals surface area contributed by atoms with Gasteiger partial charge in [0.25, 0.3) is 0 Å². The third kappa shape index (κ3) is 0.846. The Morgan fingerprint density at radius 3 is 3.00 bits per heavy atom. The fourth-order valence-electron chi connectivity index (χ4n) is 1.39. The summed E-state index contributed by atoms with van der Waals surface area (Å²) in [6.45, 7) is 0. The molecule has 6 nitrogen and oxygen atoms in total. The summed E-state index contributed by atoms with van der Waals surface area (Å²) in [6.07, 6.45) is 1.53. The minimum Gasteiger partial charge on any atom is -0.244 e. The highest BCUT2D eigenvalue weighted by Gasteiger charge is 2.08. The smallest absolute Gasteiger partial charge is 0.244 e. The number of hydrogen-bond donors (Lipinski definition) is 0. The van der Waals surface area contributed by atoms with E-state index in [-0.39, 0.29) is 0 Å². The molecular formula is C8H3N5O. The number of benzene rings is 1. The van der Waals surface area contributed by atoms with E-state index < -0.39 is 6.03 Å². The molecule has 3 rings (SSSR count). The van der Waals surface area contributed by atoms with Crippen LogP contribution in [0.3, 0.4) is 0 Å². The van der Waals surface area contributed by atoms with Crippen LogP contribution in [0.5, 0.6) is 0 Å². The van der Waals surface area contributed by atoms with E-state index >= 15 is 0 Å². The van der Waals surface area contributed by atoms with Gasteiger partial charge in [-0.15, -0.1) is 10.2 Å². The summed E-state index contributed by atoms with van der Waals surface area (Å²) in [7, 11) is 0. The van der Waals surface area contributed by atoms with Gasteiger partial charge in [-0.1, -0.05) is 0 Å². The summed E-state index contributed by atoms with van der Waals surface area (Å²) in [6, 6.07) is 2.95. The maximum atomic E-state index is 11.0. The first-order valence-corrected chi connectivity index (χ1v) is 3.93. The lowest BCUT2D eigenvalue weighted by Gasteiger charge is -1.90. The zero-order chi connectivity index (χ0) is 9.54. The Morgan fingerprint density at radius 2 is 2.07 bits per heavy atom. The van der Waals surface area contributed by atoms with Crippen molar-refractivity contribution in [2.75, 3.05) is 0 Å². The van der Waals surface area contributed by atoms with Crippen molar-refractivity contribution >= 4 is 16.9 Å². The van der Waals surface area contributed by atoms with Gasteiger partial charge in [-0.05, 0) is 17.3 Å². The molecule has 0 unspecified atom stereocenters. The van der Waals surface area contributed by atoms with Crippen molar-refractivity contribution in [2.45, 2.75) is 0 Å². The minimum atomic E-state index is -0.482. The Morgan fingerprint density at radius 1 is 1.14 bits per heavy atom. The molecule has 1 aliphatic rings. The fraction of sp³-hybridized carbons (Fsp3) is 0. The molecule has 2 aromatic rings. The highest BCUT2D eigenvalue weighted by Crippen LogP contribution is 2.00. The maximum absolute atomic E-state index is 11.0. The van der Waals surface area contributed by atoms with Gasteiger partial charge in [0.1, 0.15) is 5.36 Å². The van der Waals surface area contributed by atoms with E-state index in [4.69, 9.17) is 0 Å². The van der Waals surface area contributed by atoms with Gasteiger partial charge >= 0.3 is 6.03 Å². The topological polar surface area (TPSA) is 80.5 Å². The molecule has 0 saturated carbocycles. The van der Waals surface area contributed by atoms with Crippen molar-refractivity contribution in [3.05, 3.63) is 29.0 Å². The summed E-state index contributed by atoms with van der Waals surface area (Å²) < 4.78 is 0. The average Bonchev–Trinajstić information content (AvgIpc) is 2.59. The first kappa shape index (κ1) is 7.19. The van der Waals surface area contributed by atoms with E-state index in [1.165, 1.54) is 6.20 Å². The van der Waals surface area contributed by atoms with Gasteiger partial charge in [-0.25, -0.2) is 4.79 Å². The van der Waals surface area contributed by atoms with E-state index in [0.717, 1.165) is 0 Å². The lowest BCUT2D eigenvalue weighted by atomic mass is 10.2. The number of rotatable bonds is 0. The molecule has 1 aromatic carbocycles. The van der Waals surface area contributed by atoms with Crippen LogP contribution in [-0.2, 0) is 0 Å². The van der Waals surface area contributed by atoms with E-state index in [1.54, 1.807) is 12.1 Å². The largest absolute Gasteiger partial charge is 0.368 e. The number of fused-ring (bicyclic) bond motifs is 3. The number of urea groups is 1. The molecule has 2 heterocycles. The molecule has 0 N–H and O–H groups in total. The number of carbonyl (C=O) groups excluding carboxylic acids is 1. The van der Waals surface area contributed by atoms with Gasteiger partial charge in [0, 0.05) is 0 Å². The second-order valence-corrected chi connectivity index (χ2v) is 2.81. The second-order valence-electron chi connectivity index (χ2n) is 2.81. The van der Waals surface area contributed by atoms with Crippen LogP contribution in [0.2, 0.25) is 0 Å². The Bertz CT molecular complexity index is 663. The molecular weight excluding hydrogens is 182 g/mol. The zero-order valence-corrected chi connectivity index (χ0v) is 6.88. The number of carbonyl (C=O) groups is 1. The van der Waals surface area contributed by atoms with Gasteiger partial charge in [0.05, 0.1) is 22.5 Å². The van der Waals surface area contributed by atoms with Crippen molar-refractivity contribution in [1.29, 1.82) is 0 Å². The number of aromatic nitrogens is 3. The van der Waals surface area contributed by atoms with Crippen molar-refractivity contribution in [1.82, 2.24) is 15.4 Å². The molecule has 2 amide bonds. The summed E-state index contributed by atoms with van der Waals surface area (Å²) in [5.41, 5.74) is 0.660. The summed E-state index contributed by atoms with van der Waals surface area (Å²) in [4.78, 5) is 18.4. The Kier molecular flexibility index (Phi) is 1.22. The predicted octanol–water partition coefficient (Wildman–Crippen LogP) is -0.602. The monoisotopic (exact) mass is 185 g/mol. The lowest BCUT2D eigenvalue weighted by Crippen LogP contribution is -2.22. The molecule has 0 aliphatic carbocycles. The van der Waals surface area contributed by atoms with E-state index in [1.807, 2.05) is 0 Å². The quantitative estimate of drug-likeness (QED) is 0.548. The van der Waals surface area contributed by atoms with Gasteiger partial charge in [-0.3, -0.25) is 0 Å². The highest BCUT2D eigenvalue weighted by atomic mass is 16.2. The number of hydrogen-bond acceptors (Lipinski definition) is 4. The van der Waals surface area contributed by atoms with Gasteiger partial charge in [0.15, 0.2) is 0 Å². The standard InChI is InChI=1S/C8H3N5O/c14-8-10-6-2-1-5-4(7(6)11-8)3-9-13-12-5/h1-3H. The Balaban J connectivity index is 2.65. The first-order valence-electron chi connectivity index (χ1n) is 3.93. The van der Waals surface area contributed by atoms with Gasteiger partial charge < -0.3 is 0 Å². The molecule has 0 bridgehead atoms. The molecule has 66 valence electrons. The van der Waals surface area contributed by atoms with Crippen LogP contribution in [0.15, 0.2) is 28.3 Å². The van der Waals surface area contributed by atoms with Crippen LogP contribution in [0.1, 0.15) is 0 Å². The van der Waals surface area contributed by atoms with Crippen LogP contribution in [-0.4, -0.2) is 21.4 Å². The van der Waals surface area contributed by atoms with Crippen LogP contribution >= 0.6 is 0 Å². The molecule has 0 saturated heterocycles. The highest BCUT2D eigenvalue weighted by molar-refractivity contribution is 5.83. The van der Waals surface area contributed by atoms with Crippen molar-refractivity contribution in [3.63, 3.8) is 0 Å². The average molecular weight is 185 g/mol. The third-order valence-electron chi connectivity index (χ3n) is 1.99. The lowest BCUT2D eigenvalue weighted by molar-refractivity contribution is 0.257. The number of amides is 2. The molecule has 0 spiro atoms. The van der Waals surface area contributed by atoms with Crippen LogP contribution < -0.4 is 10.7 Å². The zero-order valence-electron chi connectivity index (χ0n) is 6.88.